The first-order chi connectivity index (χ1) is 19.7. The highest BCUT2D eigenvalue weighted by atomic mass is 32.2. The van der Waals surface area contributed by atoms with Crippen LogP contribution in [0.25, 0.3) is 0 Å². The largest absolute Gasteiger partial charge is 0.481 e. The Balaban J connectivity index is 1.20. The van der Waals surface area contributed by atoms with Crippen molar-refractivity contribution in [3.63, 3.8) is 0 Å². The number of aliphatic carboxylic acids is 1. The van der Waals surface area contributed by atoms with Gasteiger partial charge in [0.1, 0.15) is 0 Å². The average Bonchev–Trinajstić information content (AvgIpc) is 2.94. The van der Waals surface area contributed by atoms with Gasteiger partial charge in [0, 0.05) is 12.1 Å². The summed E-state index contributed by atoms with van der Waals surface area (Å²) in [5.74, 6) is -2.69. The molecular weight excluding hydrogens is 556 g/mol. The predicted octanol–water partition coefficient (Wildman–Crippen LogP) is 2.06. The van der Waals surface area contributed by atoms with Gasteiger partial charge in [0.25, 0.3) is 0 Å². The van der Waals surface area contributed by atoms with Crippen LogP contribution in [-0.2, 0) is 34.6 Å². The summed E-state index contributed by atoms with van der Waals surface area (Å²) in [5.41, 5.74) is 3.13. The number of hydrogen-bond acceptors (Lipinski definition) is 10. The number of hydrogen-bond donors (Lipinski definition) is 6. The monoisotopic (exact) mass is 604 g/mol. The SMILES string of the molecule is O=C(O)C1CCC(O)CC1C(=O)NC1CCCC(S(=O)OC2CCCC(NOCC3CC(O)CCC3COO)C2)C1. The number of carbonyl (C=O) groups excluding carboxylic acids is 1. The molecule has 6 N–H and O–H groups in total. The molecule has 0 bridgehead atoms. The maximum absolute atomic E-state index is 13.2. The summed E-state index contributed by atoms with van der Waals surface area (Å²) in [6.45, 7) is 0.630. The molecule has 11 atom stereocenters. The van der Waals surface area contributed by atoms with Crippen molar-refractivity contribution in [2.75, 3.05) is 13.2 Å². The molecule has 1 amide bonds. The molecule has 0 aromatic heterocycles. The lowest BCUT2D eigenvalue weighted by Gasteiger charge is -2.35. The standard InChI is InChI=1S/C28H48N2O10S/c31-21-8-7-17(16-39-36)18(11-21)15-38-30-20-4-1-5-23(12-20)40-41(37)24-6-2-3-19(13-24)29-27(33)26-14-22(32)9-10-25(26)28(34)35/h17-26,30-32,36H,1-16H2,(H,29,33)(H,34,35). The molecule has 236 valence electrons. The first-order valence-electron chi connectivity index (χ1n) is 15.3. The molecule has 0 aromatic carbocycles. The molecule has 4 rings (SSSR count). The Bertz CT molecular complexity index is 881. The highest BCUT2D eigenvalue weighted by Crippen LogP contribution is 2.33. The van der Waals surface area contributed by atoms with Gasteiger partial charge >= 0.3 is 5.97 Å². The van der Waals surface area contributed by atoms with Crippen LogP contribution in [0, 0.1) is 23.7 Å². The topological polar surface area (TPSA) is 184 Å². The molecule has 13 heteroatoms. The molecule has 0 heterocycles. The van der Waals surface area contributed by atoms with Gasteiger partial charge in [-0.05, 0) is 95.3 Å². The summed E-state index contributed by atoms with van der Waals surface area (Å²) in [6.07, 6.45) is 7.76. The van der Waals surface area contributed by atoms with E-state index in [1.54, 1.807) is 0 Å². The van der Waals surface area contributed by atoms with Crippen molar-refractivity contribution in [3.05, 3.63) is 0 Å². The first-order valence-corrected chi connectivity index (χ1v) is 16.5. The minimum atomic E-state index is -1.52. The van der Waals surface area contributed by atoms with Crippen LogP contribution in [0.4, 0.5) is 0 Å². The fraction of sp³-hybridized carbons (Fsp3) is 0.929. The number of rotatable bonds is 12. The summed E-state index contributed by atoms with van der Waals surface area (Å²) in [4.78, 5) is 34.8. The van der Waals surface area contributed by atoms with E-state index in [0.29, 0.717) is 38.7 Å². The Labute approximate surface area is 244 Å². The van der Waals surface area contributed by atoms with Crippen LogP contribution in [0.15, 0.2) is 0 Å². The maximum Gasteiger partial charge on any atom is 0.307 e. The molecule has 4 aliphatic carbocycles. The number of aliphatic hydroxyl groups excluding tert-OH is 2. The Kier molecular flexibility index (Phi) is 12.8. The number of amides is 1. The number of nitrogens with one attached hydrogen (secondary N) is 2. The van der Waals surface area contributed by atoms with E-state index in [9.17, 15) is 29.1 Å². The van der Waals surface area contributed by atoms with Crippen LogP contribution in [0.5, 0.6) is 0 Å². The van der Waals surface area contributed by atoms with E-state index in [1.165, 1.54) is 0 Å². The van der Waals surface area contributed by atoms with E-state index in [4.69, 9.17) is 14.3 Å². The van der Waals surface area contributed by atoms with Gasteiger partial charge in [0.15, 0.2) is 11.1 Å². The zero-order valence-electron chi connectivity index (χ0n) is 23.7. The third kappa shape index (κ3) is 9.65. The Morgan fingerprint density at radius 1 is 0.780 bits per heavy atom. The van der Waals surface area contributed by atoms with E-state index in [-0.39, 0.29) is 66.7 Å². The van der Waals surface area contributed by atoms with Gasteiger partial charge in [0.2, 0.25) is 5.91 Å². The van der Waals surface area contributed by atoms with E-state index >= 15 is 0 Å². The van der Waals surface area contributed by atoms with Crippen LogP contribution in [-0.4, -0.2) is 85.5 Å². The summed E-state index contributed by atoms with van der Waals surface area (Å²) in [7, 11) is 0. The predicted molar refractivity (Wildman–Crippen MR) is 148 cm³/mol. The van der Waals surface area contributed by atoms with Crippen LogP contribution in [0.2, 0.25) is 0 Å². The summed E-state index contributed by atoms with van der Waals surface area (Å²) in [6, 6.07) is -0.145. The van der Waals surface area contributed by atoms with Gasteiger partial charge in [-0.2, -0.15) is 5.48 Å². The van der Waals surface area contributed by atoms with Gasteiger partial charge in [-0.3, -0.25) is 19.0 Å². The fourth-order valence-corrected chi connectivity index (χ4v) is 8.49. The molecule has 4 aliphatic rings. The number of aliphatic hydroxyl groups is 2. The Hall–Kier alpha value is -1.19. The quantitative estimate of drug-likeness (QED) is 0.142. The molecule has 41 heavy (non-hydrogen) atoms. The van der Waals surface area contributed by atoms with Crippen LogP contribution >= 0.6 is 0 Å². The molecule has 4 saturated carbocycles. The molecule has 0 spiro atoms. The average molecular weight is 605 g/mol. The van der Waals surface area contributed by atoms with Gasteiger partial charge in [-0.25, -0.2) is 9.10 Å². The number of carbonyl (C=O) groups is 2. The summed E-state index contributed by atoms with van der Waals surface area (Å²) < 4.78 is 19.2. The maximum atomic E-state index is 13.2. The second-order valence-electron chi connectivity index (χ2n) is 12.6. The van der Waals surface area contributed by atoms with Crippen molar-refractivity contribution in [1.82, 2.24) is 10.8 Å². The van der Waals surface area contributed by atoms with Crippen molar-refractivity contribution in [1.29, 1.82) is 0 Å². The van der Waals surface area contributed by atoms with Crippen molar-refractivity contribution in [2.45, 2.75) is 126 Å². The number of hydroxylamine groups is 1. The minimum absolute atomic E-state index is 0.0539. The molecule has 0 radical (unpaired) electrons. The summed E-state index contributed by atoms with van der Waals surface area (Å²) >= 11 is -1.52. The van der Waals surface area contributed by atoms with Crippen molar-refractivity contribution >= 4 is 23.0 Å². The Morgan fingerprint density at radius 3 is 2.29 bits per heavy atom. The second-order valence-corrected chi connectivity index (χ2v) is 13.9. The normalized spacial score (nSPS) is 39.1. The lowest BCUT2D eigenvalue weighted by Crippen LogP contribution is -2.48. The summed E-state index contributed by atoms with van der Waals surface area (Å²) in [5, 5.41) is 41.2. The molecule has 4 fully saturated rings. The van der Waals surface area contributed by atoms with Crippen molar-refractivity contribution in [3.8, 4) is 0 Å². The highest BCUT2D eigenvalue weighted by Gasteiger charge is 2.40. The molecule has 0 saturated heterocycles. The van der Waals surface area contributed by atoms with Gasteiger partial charge in [-0.1, -0.05) is 6.42 Å². The molecule has 11 unspecified atom stereocenters. The zero-order chi connectivity index (χ0) is 29.4. The van der Waals surface area contributed by atoms with Gasteiger partial charge < -0.3 is 25.5 Å². The lowest BCUT2D eigenvalue weighted by molar-refractivity contribution is -0.258. The third-order valence-electron chi connectivity index (χ3n) is 9.53. The molecule has 12 nitrogen and oxygen atoms in total. The molecule has 0 aliphatic heterocycles. The van der Waals surface area contributed by atoms with E-state index < -0.39 is 35.0 Å². The van der Waals surface area contributed by atoms with Gasteiger partial charge in [-0.15, -0.1) is 0 Å². The zero-order valence-corrected chi connectivity index (χ0v) is 24.6. The van der Waals surface area contributed by atoms with Crippen LogP contribution < -0.4 is 10.8 Å². The fourth-order valence-electron chi connectivity index (χ4n) is 7.14. The number of carboxylic acid groups (broad SMARTS) is 1. The molecular formula is C28H48N2O10S. The lowest BCUT2D eigenvalue weighted by atomic mass is 9.77. The second kappa shape index (κ2) is 16.0. The van der Waals surface area contributed by atoms with E-state index in [2.05, 4.69) is 15.7 Å². The third-order valence-corrected chi connectivity index (χ3v) is 11.0. The molecule has 0 aromatic rings. The van der Waals surface area contributed by atoms with Crippen molar-refractivity contribution in [2.24, 2.45) is 23.7 Å². The minimum Gasteiger partial charge on any atom is -0.481 e. The van der Waals surface area contributed by atoms with Crippen LogP contribution in [0.1, 0.15) is 89.9 Å². The van der Waals surface area contributed by atoms with E-state index in [1.807, 2.05) is 0 Å². The smallest absolute Gasteiger partial charge is 0.307 e. The van der Waals surface area contributed by atoms with E-state index in [0.717, 1.165) is 44.9 Å². The van der Waals surface area contributed by atoms with Crippen molar-refractivity contribution < 1.29 is 48.3 Å². The van der Waals surface area contributed by atoms with Gasteiger partial charge in [0.05, 0.1) is 48.6 Å². The first kappa shape index (κ1) is 32.7. The Morgan fingerprint density at radius 2 is 1.51 bits per heavy atom. The highest BCUT2D eigenvalue weighted by molar-refractivity contribution is 7.80. The number of carboxylic acids is 1. The van der Waals surface area contributed by atoms with Crippen LogP contribution in [0.3, 0.4) is 0 Å².